The molecule has 108 valence electrons. The van der Waals surface area contributed by atoms with Crippen molar-refractivity contribution in [2.45, 2.75) is 17.0 Å². The van der Waals surface area contributed by atoms with E-state index < -0.39 is 0 Å². The first-order valence-electron chi connectivity index (χ1n) is 6.34. The Bertz CT molecular complexity index is 766. The monoisotopic (exact) mass is 336 g/mol. The molecule has 4 nitrogen and oxygen atoms in total. The molecule has 0 bridgehead atoms. The highest BCUT2D eigenvalue weighted by molar-refractivity contribution is 8.00. The molecule has 0 aliphatic carbocycles. The number of thioether (sulfide) groups is 1. The van der Waals surface area contributed by atoms with Crippen molar-refractivity contribution in [3.63, 3.8) is 0 Å². The van der Waals surface area contributed by atoms with Crippen LogP contribution in [0.25, 0.3) is 10.6 Å². The highest BCUT2D eigenvalue weighted by atomic mass is 35.5. The van der Waals surface area contributed by atoms with Gasteiger partial charge in [0.25, 0.3) is 0 Å². The van der Waals surface area contributed by atoms with Crippen LogP contribution in [0.3, 0.4) is 0 Å². The van der Waals surface area contributed by atoms with E-state index in [1.807, 2.05) is 44.4 Å². The third-order valence-electron chi connectivity index (χ3n) is 2.96. The summed E-state index contributed by atoms with van der Waals surface area (Å²) in [5, 5.41) is 14.5. The Labute approximate surface area is 136 Å². The summed E-state index contributed by atoms with van der Waals surface area (Å²) >= 11 is 9.39. The topological polar surface area (TPSA) is 43.6 Å². The highest BCUT2D eigenvalue weighted by Crippen LogP contribution is 2.33. The zero-order valence-corrected chi connectivity index (χ0v) is 14.0. The zero-order chi connectivity index (χ0) is 14.8. The predicted octanol–water partition coefficient (Wildman–Crippen LogP) is 4.19. The van der Waals surface area contributed by atoms with Crippen LogP contribution in [0.4, 0.5) is 0 Å². The second kappa shape index (κ2) is 6.17. The SMILES string of the molecule is Cc1nn(C)cc1-c1nnc(SCc2ccccc2Cl)s1. The lowest BCUT2D eigenvalue weighted by atomic mass is 10.2. The second-order valence-corrected chi connectivity index (χ2v) is 7.16. The molecule has 0 saturated heterocycles. The van der Waals surface area contributed by atoms with Gasteiger partial charge in [-0.3, -0.25) is 4.68 Å². The second-order valence-electron chi connectivity index (χ2n) is 4.56. The number of aryl methyl sites for hydroxylation is 2. The van der Waals surface area contributed by atoms with E-state index in [2.05, 4.69) is 15.3 Å². The maximum Gasteiger partial charge on any atom is 0.174 e. The van der Waals surface area contributed by atoms with Crippen LogP contribution < -0.4 is 0 Å². The van der Waals surface area contributed by atoms with Crippen molar-refractivity contribution in [3.05, 3.63) is 46.7 Å². The number of hydrogen-bond acceptors (Lipinski definition) is 5. The summed E-state index contributed by atoms with van der Waals surface area (Å²) < 4.78 is 2.73. The first kappa shape index (κ1) is 14.6. The van der Waals surface area contributed by atoms with Gasteiger partial charge >= 0.3 is 0 Å². The third-order valence-corrected chi connectivity index (χ3v) is 5.47. The molecular formula is C14H13ClN4S2. The molecule has 0 amide bonds. The van der Waals surface area contributed by atoms with Crippen LogP contribution in [0.1, 0.15) is 11.3 Å². The number of rotatable bonds is 4. The summed E-state index contributed by atoms with van der Waals surface area (Å²) in [6.45, 7) is 1.98. The van der Waals surface area contributed by atoms with E-state index in [9.17, 15) is 0 Å². The number of benzene rings is 1. The molecule has 0 radical (unpaired) electrons. The molecule has 0 N–H and O–H groups in total. The van der Waals surface area contributed by atoms with E-state index in [0.717, 1.165) is 36.9 Å². The Hall–Kier alpha value is -1.37. The van der Waals surface area contributed by atoms with Gasteiger partial charge in [-0.15, -0.1) is 10.2 Å². The fraction of sp³-hybridized carbons (Fsp3) is 0.214. The van der Waals surface area contributed by atoms with Crippen LogP contribution in [-0.2, 0) is 12.8 Å². The Morgan fingerprint density at radius 2 is 2.10 bits per heavy atom. The van der Waals surface area contributed by atoms with Gasteiger partial charge in [0.1, 0.15) is 0 Å². The van der Waals surface area contributed by atoms with Gasteiger partial charge in [-0.2, -0.15) is 5.10 Å². The summed E-state index contributed by atoms with van der Waals surface area (Å²) in [4.78, 5) is 0. The number of nitrogens with zero attached hydrogens (tertiary/aromatic N) is 4. The van der Waals surface area contributed by atoms with Gasteiger partial charge < -0.3 is 0 Å². The van der Waals surface area contributed by atoms with Crippen molar-refractivity contribution in [3.8, 4) is 10.6 Å². The minimum Gasteiger partial charge on any atom is -0.275 e. The lowest BCUT2D eigenvalue weighted by Crippen LogP contribution is -1.86. The summed E-state index contributed by atoms with van der Waals surface area (Å²) in [7, 11) is 1.91. The Morgan fingerprint density at radius 3 is 2.81 bits per heavy atom. The smallest absolute Gasteiger partial charge is 0.174 e. The van der Waals surface area contributed by atoms with Gasteiger partial charge in [0.05, 0.1) is 11.3 Å². The van der Waals surface area contributed by atoms with Crippen LogP contribution in [0.5, 0.6) is 0 Å². The molecule has 0 fully saturated rings. The lowest BCUT2D eigenvalue weighted by molar-refractivity contribution is 0.756. The number of hydrogen-bond donors (Lipinski definition) is 0. The number of aromatic nitrogens is 4. The minimum atomic E-state index is 0.790. The molecule has 0 spiro atoms. The van der Waals surface area contributed by atoms with Gasteiger partial charge in [-0.25, -0.2) is 0 Å². The van der Waals surface area contributed by atoms with Crippen LogP contribution in [0, 0.1) is 6.92 Å². The van der Waals surface area contributed by atoms with Crippen molar-refractivity contribution >= 4 is 34.7 Å². The predicted molar refractivity (Wildman–Crippen MR) is 87.9 cm³/mol. The third kappa shape index (κ3) is 3.28. The normalized spacial score (nSPS) is 11.0. The molecule has 0 atom stereocenters. The molecule has 0 unspecified atom stereocenters. The molecule has 0 aliphatic rings. The molecule has 2 heterocycles. The minimum absolute atomic E-state index is 0.790. The first-order chi connectivity index (χ1) is 10.1. The van der Waals surface area contributed by atoms with Gasteiger partial charge in [0.2, 0.25) is 0 Å². The van der Waals surface area contributed by atoms with Crippen molar-refractivity contribution in [2.75, 3.05) is 0 Å². The Balaban J connectivity index is 1.74. The van der Waals surface area contributed by atoms with Gasteiger partial charge in [0.15, 0.2) is 9.35 Å². The summed E-state index contributed by atoms with van der Waals surface area (Å²) in [6, 6.07) is 7.86. The van der Waals surface area contributed by atoms with Crippen molar-refractivity contribution in [2.24, 2.45) is 7.05 Å². The lowest BCUT2D eigenvalue weighted by Gasteiger charge is -2.00. The van der Waals surface area contributed by atoms with Gasteiger partial charge in [-0.1, -0.05) is 52.9 Å². The Morgan fingerprint density at radius 1 is 1.29 bits per heavy atom. The maximum atomic E-state index is 6.16. The summed E-state index contributed by atoms with van der Waals surface area (Å²) in [5.74, 6) is 0.792. The van der Waals surface area contributed by atoms with Crippen LogP contribution in [-0.4, -0.2) is 20.0 Å². The van der Waals surface area contributed by atoms with Gasteiger partial charge in [0, 0.05) is 24.0 Å². The van der Waals surface area contributed by atoms with Crippen molar-refractivity contribution in [1.29, 1.82) is 0 Å². The fourth-order valence-electron chi connectivity index (χ4n) is 1.94. The van der Waals surface area contributed by atoms with Crippen LogP contribution >= 0.6 is 34.7 Å². The van der Waals surface area contributed by atoms with E-state index >= 15 is 0 Å². The zero-order valence-electron chi connectivity index (χ0n) is 11.6. The van der Waals surface area contributed by atoms with Crippen LogP contribution in [0.2, 0.25) is 5.02 Å². The van der Waals surface area contributed by atoms with E-state index in [4.69, 9.17) is 11.6 Å². The standard InChI is InChI=1S/C14H13ClN4S2/c1-9-11(7-19(2)18-9)13-16-17-14(21-13)20-8-10-5-3-4-6-12(10)15/h3-7H,8H2,1-2H3. The van der Waals surface area contributed by atoms with Crippen LogP contribution in [0.15, 0.2) is 34.8 Å². The molecule has 1 aromatic carbocycles. The summed E-state index contributed by atoms with van der Waals surface area (Å²) in [6.07, 6.45) is 1.97. The number of halogens is 1. The molecule has 0 saturated carbocycles. The molecular weight excluding hydrogens is 324 g/mol. The highest BCUT2D eigenvalue weighted by Gasteiger charge is 2.12. The first-order valence-corrected chi connectivity index (χ1v) is 8.52. The molecule has 3 aromatic rings. The largest absolute Gasteiger partial charge is 0.275 e. The maximum absolute atomic E-state index is 6.16. The quantitative estimate of drug-likeness (QED) is 0.670. The van der Waals surface area contributed by atoms with E-state index in [1.165, 1.54) is 0 Å². The fourth-order valence-corrected chi connectivity index (χ4v) is 4.14. The molecule has 2 aromatic heterocycles. The van der Waals surface area contributed by atoms with E-state index in [1.54, 1.807) is 27.8 Å². The van der Waals surface area contributed by atoms with Crippen molar-refractivity contribution < 1.29 is 0 Å². The molecule has 21 heavy (non-hydrogen) atoms. The molecule has 0 aliphatic heterocycles. The summed E-state index contributed by atoms with van der Waals surface area (Å²) in [5.41, 5.74) is 3.12. The van der Waals surface area contributed by atoms with E-state index in [-0.39, 0.29) is 0 Å². The Kier molecular flexibility index (Phi) is 4.28. The average Bonchev–Trinajstić information content (AvgIpc) is 3.04. The molecule has 3 rings (SSSR count). The molecule has 7 heteroatoms. The van der Waals surface area contributed by atoms with E-state index in [0.29, 0.717) is 0 Å². The average molecular weight is 337 g/mol. The van der Waals surface area contributed by atoms with Gasteiger partial charge in [-0.05, 0) is 18.6 Å². The van der Waals surface area contributed by atoms with Crippen molar-refractivity contribution in [1.82, 2.24) is 20.0 Å².